The largest absolute Gasteiger partial charge is 0.376 e. The Morgan fingerprint density at radius 1 is 1.06 bits per heavy atom. The van der Waals surface area contributed by atoms with Gasteiger partial charge in [-0.15, -0.1) is 0 Å². The Labute approximate surface area is 189 Å². The number of anilines is 1. The van der Waals surface area contributed by atoms with Gasteiger partial charge in [-0.05, 0) is 43.2 Å². The number of rotatable bonds is 9. The molecule has 2 amide bonds. The van der Waals surface area contributed by atoms with Crippen molar-refractivity contribution in [3.63, 3.8) is 0 Å². The third-order valence-corrected chi connectivity index (χ3v) is 7.42. The van der Waals surface area contributed by atoms with E-state index in [1.165, 1.54) is 28.6 Å². The Hall–Kier alpha value is -2.75. The van der Waals surface area contributed by atoms with E-state index in [-0.39, 0.29) is 22.5 Å². The second kappa shape index (κ2) is 10.7. The van der Waals surface area contributed by atoms with Crippen molar-refractivity contribution in [2.45, 2.75) is 37.7 Å². The Morgan fingerprint density at radius 3 is 2.50 bits per heavy atom. The number of carbonyl (C=O) groups is 2. The first kappa shape index (κ1) is 23.9. The van der Waals surface area contributed by atoms with Gasteiger partial charge in [0.05, 0.1) is 22.3 Å². The fourth-order valence-electron chi connectivity index (χ4n) is 3.60. The number of nitrogens with one attached hydrogen (secondary N) is 2. The molecule has 1 unspecified atom stereocenters. The zero-order chi connectivity index (χ0) is 23.1. The van der Waals surface area contributed by atoms with Crippen LogP contribution >= 0.6 is 0 Å². The van der Waals surface area contributed by atoms with Crippen molar-refractivity contribution in [3.8, 4) is 0 Å². The molecule has 0 saturated carbocycles. The number of carbonyl (C=O) groups excluding carboxylic acids is 2. The topological polar surface area (TPSA) is 105 Å². The van der Waals surface area contributed by atoms with Gasteiger partial charge in [-0.1, -0.05) is 32.0 Å². The average Bonchev–Trinajstić information content (AvgIpc) is 3.32. The first-order valence-corrected chi connectivity index (χ1v) is 12.2. The van der Waals surface area contributed by atoms with Gasteiger partial charge in [0, 0.05) is 31.8 Å². The van der Waals surface area contributed by atoms with Gasteiger partial charge < -0.3 is 15.4 Å². The van der Waals surface area contributed by atoms with Gasteiger partial charge in [-0.3, -0.25) is 9.59 Å². The molecule has 2 aromatic carbocycles. The maximum Gasteiger partial charge on any atom is 0.255 e. The van der Waals surface area contributed by atoms with Crippen molar-refractivity contribution in [2.75, 3.05) is 31.6 Å². The number of benzene rings is 2. The van der Waals surface area contributed by atoms with Crippen molar-refractivity contribution >= 4 is 27.5 Å². The lowest BCUT2D eigenvalue weighted by atomic mass is 10.1. The number of amides is 2. The van der Waals surface area contributed by atoms with Gasteiger partial charge in [-0.2, -0.15) is 4.31 Å². The van der Waals surface area contributed by atoms with Crippen LogP contribution < -0.4 is 10.6 Å². The molecule has 1 saturated heterocycles. The third kappa shape index (κ3) is 5.53. The molecule has 32 heavy (non-hydrogen) atoms. The van der Waals surface area contributed by atoms with E-state index in [2.05, 4.69) is 10.6 Å². The predicted molar refractivity (Wildman–Crippen MR) is 122 cm³/mol. The van der Waals surface area contributed by atoms with Gasteiger partial charge in [0.25, 0.3) is 11.8 Å². The van der Waals surface area contributed by atoms with Crippen molar-refractivity contribution in [2.24, 2.45) is 0 Å². The quantitative estimate of drug-likeness (QED) is 0.600. The summed E-state index contributed by atoms with van der Waals surface area (Å²) in [6.45, 7) is 5.31. The van der Waals surface area contributed by atoms with Gasteiger partial charge in [0.15, 0.2) is 0 Å². The van der Waals surface area contributed by atoms with Crippen LogP contribution in [0, 0.1) is 0 Å². The Morgan fingerprint density at radius 2 is 1.81 bits per heavy atom. The van der Waals surface area contributed by atoms with Crippen molar-refractivity contribution in [1.29, 1.82) is 0 Å². The zero-order valence-corrected chi connectivity index (χ0v) is 19.2. The number of hydrogen-bond acceptors (Lipinski definition) is 5. The Bertz CT molecular complexity index is 1060. The number of hydrogen-bond donors (Lipinski definition) is 2. The minimum Gasteiger partial charge on any atom is -0.376 e. The van der Waals surface area contributed by atoms with E-state index in [9.17, 15) is 18.0 Å². The fraction of sp³-hybridized carbons (Fsp3) is 0.391. The molecule has 0 bridgehead atoms. The molecular formula is C23H29N3O5S. The second-order valence-corrected chi connectivity index (χ2v) is 9.40. The molecule has 8 nitrogen and oxygen atoms in total. The van der Waals surface area contributed by atoms with Gasteiger partial charge in [0.2, 0.25) is 10.0 Å². The standard InChI is InChI=1S/C23H29N3O5S/c1-3-26(4-2)32(29,30)19-11-7-9-17(15-19)22(27)25-21-13-6-5-12-20(21)23(28)24-16-18-10-8-14-31-18/h5-7,9,11-13,15,18H,3-4,8,10,14,16H2,1-2H3,(H,24,28)(H,25,27). The highest BCUT2D eigenvalue weighted by molar-refractivity contribution is 7.89. The zero-order valence-electron chi connectivity index (χ0n) is 18.3. The summed E-state index contributed by atoms with van der Waals surface area (Å²) in [6.07, 6.45) is 1.90. The van der Waals surface area contributed by atoms with Crippen molar-refractivity contribution < 1.29 is 22.7 Å². The average molecular weight is 460 g/mol. The second-order valence-electron chi connectivity index (χ2n) is 7.46. The highest BCUT2D eigenvalue weighted by Gasteiger charge is 2.23. The molecular weight excluding hydrogens is 430 g/mol. The van der Waals surface area contributed by atoms with E-state index in [0.717, 1.165) is 12.8 Å². The summed E-state index contributed by atoms with van der Waals surface area (Å²) in [7, 11) is -3.69. The smallest absolute Gasteiger partial charge is 0.255 e. The highest BCUT2D eigenvalue weighted by Crippen LogP contribution is 2.20. The lowest BCUT2D eigenvalue weighted by molar-refractivity contribution is 0.0858. The maximum atomic E-state index is 12.9. The summed E-state index contributed by atoms with van der Waals surface area (Å²) >= 11 is 0. The van der Waals surface area contributed by atoms with E-state index in [0.29, 0.717) is 37.5 Å². The molecule has 1 heterocycles. The molecule has 0 aliphatic carbocycles. The molecule has 1 fully saturated rings. The predicted octanol–water partition coefficient (Wildman–Crippen LogP) is 2.88. The van der Waals surface area contributed by atoms with Crippen LogP contribution in [0.2, 0.25) is 0 Å². The molecule has 2 N–H and O–H groups in total. The minimum atomic E-state index is -3.69. The van der Waals surface area contributed by atoms with Gasteiger partial charge in [0.1, 0.15) is 0 Å². The molecule has 1 aliphatic heterocycles. The maximum absolute atomic E-state index is 12.9. The lowest BCUT2D eigenvalue weighted by Crippen LogP contribution is -2.32. The molecule has 0 spiro atoms. The van der Waals surface area contributed by atoms with E-state index in [1.807, 2.05) is 0 Å². The number of sulfonamides is 1. The molecule has 172 valence electrons. The highest BCUT2D eigenvalue weighted by atomic mass is 32.2. The normalized spacial score (nSPS) is 16.2. The van der Waals surface area contributed by atoms with Crippen LogP contribution in [0.1, 0.15) is 47.4 Å². The van der Waals surface area contributed by atoms with Gasteiger partial charge in [-0.25, -0.2) is 8.42 Å². The Kier molecular flexibility index (Phi) is 8.00. The summed E-state index contributed by atoms with van der Waals surface area (Å²) < 4.78 is 32.4. The number of nitrogens with zero attached hydrogens (tertiary/aromatic N) is 1. The molecule has 9 heteroatoms. The molecule has 1 atom stereocenters. The van der Waals surface area contributed by atoms with E-state index >= 15 is 0 Å². The Balaban J connectivity index is 1.76. The molecule has 0 radical (unpaired) electrons. The van der Waals surface area contributed by atoms with Crippen LogP contribution in [-0.4, -0.2) is 56.9 Å². The monoisotopic (exact) mass is 459 g/mol. The summed E-state index contributed by atoms with van der Waals surface area (Å²) in [6, 6.07) is 12.6. The van der Waals surface area contributed by atoms with Gasteiger partial charge >= 0.3 is 0 Å². The SMILES string of the molecule is CCN(CC)S(=O)(=O)c1cccc(C(=O)Nc2ccccc2C(=O)NCC2CCCO2)c1. The fourth-order valence-corrected chi connectivity index (χ4v) is 5.11. The lowest BCUT2D eigenvalue weighted by Gasteiger charge is -2.18. The van der Waals surface area contributed by atoms with E-state index < -0.39 is 15.9 Å². The third-order valence-electron chi connectivity index (χ3n) is 5.37. The molecule has 0 aromatic heterocycles. The van der Waals surface area contributed by atoms with Crippen LogP contribution in [0.15, 0.2) is 53.4 Å². The first-order valence-electron chi connectivity index (χ1n) is 10.8. The first-order chi connectivity index (χ1) is 15.4. The number of para-hydroxylation sites is 1. The van der Waals surface area contributed by atoms with E-state index in [1.54, 1.807) is 38.1 Å². The number of ether oxygens (including phenoxy) is 1. The summed E-state index contributed by atoms with van der Waals surface area (Å²) in [5, 5.41) is 5.58. The van der Waals surface area contributed by atoms with Crippen LogP contribution in [-0.2, 0) is 14.8 Å². The van der Waals surface area contributed by atoms with Crippen molar-refractivity contribution in [3.05, 3.63) is 59.7 Å². The minimum absolute atomic E-state index is 0.0104. The summed E-state index contributed by atoms with van der Waals surface area (Å²) in [5.74, 6) is -0.810. The van der Waals surface area contributed by atoms with Crippen LogP contribution in [0.25, 0.3) is 0 Å². The van der Waals surface area contributed by atoms with Crippen molar-refractivity contribution in [1.82, 2.24) is 9.62 Å². The molecule has 3 rings (SSSR count). The summed E-state index contributed by atoms with van der Waals surface area (Å²) in [5.41, 5.74) is 0.859. The summed E-state index contributed by atoms with van der Waals surface area (Å²) in [4.78, 5) is 25.6. The molecule has 2 aromatic rings. The van der Waals surface area contributed by atoms with Crippen LogP contribution in [0.3, 0.4) is 0 Å². The molecule has 1 aliphatic rings. The van der Waals surface area contributed by atoms with Crippen LogP contribution in [0.5, 0.6) is 0 Å². The van der Waals surface area contributed by atoms with E-state index in [4.69, 9.17) is 4.74 Å². The van der Waals surface area contributed by atoms with Crippen LogP contribution in [0.4, 0.5) is 5.69 Å².